The number of aromatic nitrogens is 1. The van der Waals surface area contributed by atoms with Crippen LogP contribution in [0.3, 0.4) is 0 Å². The number of aryl methyl sites for hydroxylation is 1. The highest BCUT2D eigenvalue weighted by molar-refractivity contribution is 6.12. The van der Waals surface area contributed by atoms with Gasteiger partial charge in [0, 0.05) is 35.5 Å². The number of hydrogen-bond acceptors (Lipinski definition) is 4. The van der Waals surface area contributed by atoms with Crippen molar-refractivity contribution in [2.24, 2.45) is 0 Å². The molecule has 1 aromatic heterocycles. The standard InChI is InChI=1S/C34H26N2O.C10H8O/c1-36(34-35-32(21-10-4-2-5-11-21)33(37-34)22-12-6-3-7-13-22)29-19-18-26-27-17-16-25-24-15-9-8-14-23(24)20-28(30(25)26)31(27)29;11-10-7-3-5-8-4-1-2-6-9(8)10/h2-17,20,29,31H,18-19H2,1H3;1-7,11H. The minimum absolute atomic E-state index is 0.280. The maximum absolute atomic E-state index is 9.37. The van der Waals surface area contributed by atoms with Crippen LogP contribution in [0.15, 0.2) is 150 Å². The summed E-state index contributed by atoms with van der Waals surface area (Å²) in [5.41, 5.74) is 7.51. The Bertz CT molecular complexity index is 2390. The minimum atomic E-state index is 0.280. The summed E-state index contributed by atoms with van der Waals surface area (Å²) < 4.78 is 6.60. The van der Waals surface area contributed by atoms with E-state index in [-0.39, 0.29) is 6.04 Å². The number of oxazole rings is 1. The minimum Gasteiger partial charge on any atom is -0.507 e. The molecule has 0 aliphatic heterocycles. The summed E-state index contributed by atoms with van der Waals surface area (Å²) in [5.74, 6) is 1.51. The Balaban J connectivity index is 0.000000242. The molecule has 2 atom stereocenters. The molecule has 0 saturated heterocycles. The molecule has 2 aliphatic carbocycles. The Morgan fingerprint density at radius 3 is 2.08 bits per heavy atom. The molecule has 8 aromatic rings. The zero-order chi connectivity index (χ0) is 32.2. The molecule has 232 valence electrons. The Morgan fingerprint density at radius 2 is 1.31 bits per heavy atom. The molecule has 7 aromatic carbocycles. The number of fused-ring (bicyclic) bond motifs is 4. The van der Waals surface area contributed by atoms with Crippen molar-refractivity contribution in [2.75, 3.05) is 11.9 Å². The number of anilines is 1. The van der Waals surface area contributed by atoms with Gasteiger partial charge in [-0.05, 0) is 68.6 Å². The van der Waals surface area contributed by atoms with E-state index < -0.39 is 0 Å². The van der Waals surface area contributed by atoms with Gasteiger partial charge < -0.3 is 14.4 Å². The van der Waals surface area contributed by atoms with Gasteiger partial charge in [0.15, 0.2) is 5.76 Å². The first-order valence-electron chi connectivity index (χ1n) is 16.6. The van der Waals surface area contributed by atoms with Gasteiger partial charge in [-0.3, -0.25) is 0 Å². The number of rotatable bonds is 4. The van der Waals surface area contributed by atoms with Crippen LogP contribution < -0.4 is 4.90 Å². The smallest absolute Gasteiger partial charge is 0.298 e. The summed E-state index contributed by atoms with van der Waals surface area (Å²) in [6.07, 6.45) is 2.17. The molecule has 10 rings (SSSR count). The van der Waals surface area contributed by atoms with Crippen molar-refractivity contribution in [1.82, 2.24) is 4.98 Å². The van der Waals surface area contributed by atoms with Crippen LogP contribution in [-0.4, -0.2) is 23.2 Å². The quantitative estimate of drug-likeness (QED) is 0.198. The molecule has 1 N–H and O–H groups in total. The topological polar surface area (TPSA) is 49.5 Å². The number of phenolic OH excluding ortho intramolecular Hbond substituents is 1. The average Bonchev–Trinajstić information content (AvgIpc) is 3.64. The molecule has 0 radical (unpaired) electrons. The first kappa shape index (κ1) is 28.4. The number of benzene rings is 7. The van der Waals surface area contributed by atoms with Gasteiger partial charge in [0.25, 0.3) is 6.01 Å². The van der Waals surface area contributed by atoms with Crippen molar-refractivity contribution < 1.29 is 9.52 Å². The first-order chi connectivity index (χ1) is 23.7. The second kappa shape index (κ2) is 11.4. The lowest BCUT2D eigenvalue weighted by Gasteiger charge is -2.35. The van der Waals surface area contributed by atoms with Crippen molar-refractivity contribution >= 4 is 38.3 Å². The van der Waals surface area contributed by atoms with Crippen molar-refractivity contribution in [3.63, 3.8) is 0 Å². The third-order valence-electron chi connectivity index (χ3n) is 10.2. The Kier molecular flexibility index (Phi) is 6.75. The lowest BCUT2D eigenvalue weighted by atomic mass is 9.81. The highest BCUT2D eigenvalue weighted by Crippen LogP contribution is 2.52. The lowest BCUT2D eigenvalue weighted by Crippen LogP contribution is -2.39. The van der Waals surface area contributed by atoms with Crippen LogP contribution in [0.2, 0.25) is 0 Å². The molecular weight excluding hydrogens is 588 g/mol. The molecule has 4 nitrogen and oxygen atoms in total. The Labute approximate surface area is 279 Å². The first-order valence-corrected chi connectivity index (χ1v) is 16.6. The SMILES string of the molecule is CN(c1nc(-c2ccccc2)c(-c2ccccc2)o1)C1CCc2c3ccc4c2c(cc2ccccc24)C31.Oc1cccc2ccccc12. The van der Waals surface area contributed by atoms with E-state index in [0.29, 0.717) is 17.7 Å². The number of aromatic hydroxyl groups is 1. The van der Waals surface area contributed by atoms with Crippen LogP contribution in [0.5, 0.6) is 5.75 Å². The molecule has 2 unspecified atom stereocenters. The molecule has 4 heteroatoms. The highest BCUT2D eigenvalue weighted by atomic mass is 16.4. The van der Waals surface area contributed by atoms with Gasteiger partial charge in [-0.15, -0.1) is 0 Å². The van der Waals surface area contributed by atoms with Crippen molar-refractivity contribution in [3.8, 4) is 28.3 Å². The maximum atomic E-state index is 9.37. The van der Waals surface area contributed by atoms with E-state index in [1.807, 2.05) is 48.5 Å². The van der Waals surface area contributed by atoms with Crippen molar-refractivity contribution in [3.05, 3.63) is 162 Å². The van der Waals surface area contributed by atoms with Crippen LogP contribution in [0.4, 0.5) is 6.01 Å². The van der Waals surface area contributed by atoms with Crippen molar-refractivity contribution in [2.45, 2.75) is 24.8 Å². The molecular formula is C44H34N2O2. The summed E-state index contributed by atoms with van der Waals surface area (Å²) in [4.78, 5) is 7.40. The average molecular weight is 623 g/mol. The van der Waals surface area contributed by atoms with E-state index in [2.05, 4.69) is 103 Å². The summed E-state index contributed by atoms with van der Waals surface area (Å²) in [6, 6.07) is 50.9. The Morgan fingerprint density at radius 1 is 0.646 bits per heavy atom. The second-order valence-corrected chi connectivity index (χ2v) is 12.8. The van der Waals surface area contributed by atoms with Gasteiger partial charge in [-0.25, -0.2) is 0 Å². The van der Waals surface area contributed by atoms with Crippen molar-refractivity contribution in [1.29, 1.82) is 0 Å². The predicted octanol–water partition coefficient (Wildman–Crippen LogP) is 10.8. The Hall–Kier alpha value is -5.87. The third kappa shape index (κ3) is 4.56. The summed E-state index contributed by atoms with van der Waals surface area (Å²) >= 11 is 0. The molecule has 48 heavy (non-hydrogen) atoms. The zero-order valence-electron chi connectivity index (χ0n) is 26.7. The molecule has 0 saturated carbocycles. The third-order valence-corrected chi connectivity index (χ3v) is 10.2. The molecule has 4 bridgehead atoms. The largest absolute Gasteiger partial charge is 0.507 e. The van der Waals surface area contributed by atoms with E-state index in [4.69, 9.17) is 9.40 Å². The zero-order valence-corrected chi connectivity index (χ0v) is 26.7. The molecule has 0 fully saturated rings. The summed E-state index contributed by atoms with van der Waals surface area (Å²) in [5, 5.41) is 16.9. The van der Waals surface area contributed by atoms with Crippen LogP contribution in [0.1, 0.15) is 29.0 Å². The fourth-order valence-electron chi connectivity index (χ4n) is 7.98. The van der Waals surface area contributed by atoms with Crippen LogP contribution in [0.25, 0.3) is 54.9 Å². The van der Waals surface area contributed by atoms with Gasteiger partial charge in [0.2, 0.25) is 0 Å². The summed E-state index contributed by atoms with van der Waals surface area (Å²) in [7, 11) is 2.16. The monoisotopic (exact) mass is 622 g/mol. The van der Waals surface area contributed by atoms with E-state index in [0.717, 1.165) is 46.2 Å². The number of likely N-dealkylation sites (N-methyl/N-ethyl adjacent to an activating group) is 1. The van der Waals surface area contributed by atoms with E-state index in [1.54, 1.807) is 11.6 Å². The number of nitrogens with zero attached hydrogens (tertiary/aromatic N) is 2. The van der Waals surface area contributed by atoms with E-state index in [9.17, 15) is 5.11 Å². The molecule has 2 aliphatic rings. The van der Waals surface area contributed by atoms with E-state index >= 15 is 0 Å². The molecule has 1 heterocycles. The fraction of sp³-hybridized carbons (Fsp3) is 0.114. The number of hydrogen-bond donors (Lipinski definition) is 1. The van der Waals surface area contributed by atoms with Crippen LogP contribution >= 0.6 is 0 Å². The van der Waals surface area contributed by atoms with Gasteiger partial charge in [-0.1, -0.05) is 133 Å². The number of phenols is 1. The lowest BCUT2D eigenvalue weighted by molar-refractivity contribution is 0.463. The van der Waals surface area contributed by atoms with Gasteiger partial charge in [-0.2, -0.15) is 4.98 Å². The molecule has 0 amide bonds. The second-order valence-electron chi connectivity index (χ2n) is 12.8. The maximum Gasteiger partial charge on any atom is 0.298 e. The molecule has 0 spiro atoms. The van der Waals surface area contributed by atoms with Gasteiger partial charge >= 0.3 is 0 Å². The van der Waals surface area contributed by atoms with Gasteiger partial charge in [0.05, 0.1) is 0 Å². The fourth-order valence-corrected chi connectivity index (χ4v) is 7.98. The van der Waals surface area contributed by atoms with Crippen LogP contribution in [-0.2, 0) is 6.42 Å². The highest BCUT2D eigenvalue weighted by Gasteiger charge is 2.41. The normalized spacial score (nSPS) is 15.9. The van der Waals surface area contributed by atoms with Crippen LogP contribution in [0, 0.1) is 0 Å². The summed E-state index contributed by atoms with van der Waals surface area (Å²) in [6.45, 7) is 0. The predicted molar refractivity (Wildman–Crippen MR) is 197 cm³/mol. The van der Waals surface area contributed by atoms with E-state index in [1.165, 1.54) is 32.7 Å². The van der Waals surface area contributed by atoms with Gasteiger partial charge in [0.1, 0.15) is 11.4 Å².